The number of benzene rings is 1. The van der Waals surface area contributed by atoms with Crippen molar-refractivity contribution in [2.75, 3.05) is 78.0 Å². The van der Waals surface area contributed by atoms with E-state index in [0.717, 1.165) is 51.8 Å². The number of carbonyl (C=O) groups is 1. The van der Waals surface area contributed by atoms with Crippen molar-refractivity contribution in [2.24, 2.45) is 4.99 Å². The number of nitrogens with zero attached hydrogens (tertiary/aromatic N) is 4. The van der Waals surface area contributed by atoms with Crippen LogP contribution in [0.15, 0.2) is 41.4 Å². The van der Waals surface area contributed by atoms with Crippen LogP contribution in [0.4, 0.5) is 5.69 Å². The molecule has 3 rings (SSSR count). The van der Waals surface area contributed by atoms with Crippen LogP contribution in [0.5, 0.6) is 0 Å². The molecule has 31 heavy (non-hydrogen) atoms. The van der Waals surface area contributed by atoms with Gasteiger partial charge in [0.25, 0.3) is 0 Å². The van der Waals surface area contributed by atoms with Gasteiger partial charge in [0.1, 0.15) is 0 Å². The number of aliphatic imine (C=N–C) groups is 1. The fourth-order valence-corrected chi connectivity index (χ4v) is 3.73. The van der Waals surface area contributed by atoms with Crippen LogP contribution in [0.2, 0.25) is 0 Å². The summed E-state index contributed by atoms with van der Waals surface area (Å²) in [6.07, 6.45) is 4.41. The van der Waals surface area contributed by atoms with Crippen LogP contribution in [0, 0.1) is 0 Å². The first kappa shape index (κ1) is 25.4. The van der Waals surface area contributed by atoms with E-state index in [1.54, 1.807) is 7.11 Å². The highest BCUT2D eigenvalue weighted by molar-refractivity contribution is 14.0. The molecule has 2 N–H and O–H groups in total. The summed E-state index contributed by atoms with van der Waals surface area (Å²) in [4.78, 5) is 23.2. The fraction of sp³-hybridized carbons (Fsp3) is 0.545. The van der Waals surface area contributed by atoms with Crippen LogP contribution >= 0.6 is 24.0 Å². The SMILES string of the molecule is CN=C(NCc1cccc(N2CC=CC2)c1)N1CCN(CC(=O)NCCOC)CC1.I. The summed E-state index contributed by atoms with van der Waals surface area (Å²) in [6, 6.07) is 8.67. The molecule has 0 aromatic heterocycles. The lowest BCUT2D eigenvalue weighted by Gasteiger charge is -2.36. The largest absolute Gasteiger partial charge is 0.383 e. The number of hydrogen-bond acceptors (Lipinski definition) is 5. The fourth-order valence-electron chi connectivity index (χ4n) is 3.73. The first-order valence-electron chi connectivity index (χ1n) is 10.6. The first-order valence-corrected chi connectivity index (χ1v) is 10.6. The molecule has 0 radical (unpaired) electrons. The summed E-state index contributed by atoms with van der Waals surface area (Å²) in [5, 5.41) is 6.37. The van der Waals surface area contributed by atoms with Crippen molar-refractivity contribution in [3.05, 3.63) is 42.0 Å². The molecule has 9 heteroatoms. The normalized spacial score (nSPS) is 16.9. The predicted molar refractivity (Wildman–Crippen MR) is 136 cm³/mol. The van der Waals surface area contributed by atoms with E-state index in [2.05, 4.69) is 66.7 Å². The zero-order valence-electron chi connectivity index (χ0n) is 18.5. The molecule has 2 aliphatic heterocycles. The molecule has 8 nitrogen and oxygen atoms in total. The Kier molecular flexibility index (Phi) is 11.1. The van der Waals surface area contributed by atoms with Gasteiger partial charge in [-0.05, 0) is 17.7 Å². The van der Waals surface area contributed by atoms with Gasteiger partial charge in [-0.15, -0.1) is 24.0 Å². The second kappa shape index (κ2) is 13.5. The molecule has 1 fully saturated rings. The second-order valence-corrected chi connectivity index (χ2v) is 7.55. The van der Waals surface area contributed by atoms with Gasteiger partial charge in [-0.2, -0.15) is 0 Å². The van der Waals surface area contributed by atoms with Crippen molar-refractivity contribution >= 4 is 41.5 Å². The number of hydrogen-bond donors (Lipinski definition) is 2. The summed E-state index contributed by atoms with van der Waals surface area (Å²) in [7, 11) is 3.46. The van der Waals surface area contributed by atoms with Gasteiger partial charge < -0.3 is 25.2 Å². The molecule has 1 amide bonds. The van der Waals surface area contributed by atoms with Gasteiger partial charge in [0.2, 0.25) is 5.91 Å². The van der Waals surface area contributed by atoms with E-state index in [4.69, 9.17) is 4.74 Å². The van der Waals surface area contributed by atoms with E-state index < -0.39 is 0 Å². The molecule has 0 unspecified atom stereocenters. The number of ether oxygens (including phenoxy) is 1. The highest BCUT2D eigenvalue weighted by Crippen LogP contribution is 2.18. The van der Waals surface area contributed by atoms with Gasteiger partial charge in [0.05, 0.1) is 13.2 Å². The van der Waals surface area contributed by atoms with E-state index in [9.17, 15) is 4.79 Å². The topological polar surface area (TPSA) is 72.4 Å². The molecular formula is C22H35IN6O2. The summed E-state index contributed by atoms with van der Waals surface area (Å²) in [5.41, 5.74) is 2.50. The molecule has 1 saturated heterocycles. The smallest absolute Gasteiger partial charge is 0.234 e. The molecule has 1 aromatic rings. The number of amides is 1. The third-order valence-electron chi connectivity index (χ3n) is 5.42. The molecule has 2 aliphatic rings. The minimum absolute atomic E-state index is 0. The maximum Gasteiger partial charge on any atom is 0.234 e. The van der Waals surface area contributed by atoms with Crippen LogP contribution in [0.3, 0.4) is 0 Å². The molecule has 0 saturated carbocycles. The summed E-state index contributed by atoms with van der Waals surface area (Å²) in [5.74, 6) is 0.962. The van der Waals surface area contributed by atoms with E-state index >= 15 is 0 Å². The van der Waals surface area contributed by atoms with Gasteiger partial charge >= 0.3 is 0 Å². The van der Waals surface area contributed by atoms with Crippen molar-refractivity contribution < 1.29 is 9.53 Å². The van der Waals surface area contributed by atoms with Crippen LogP contribution in [-0.2, 0) is 16.1 Å². The van der Waals surface area contributed by atoms with E-state index in [0.29, 0.717) is 19.7 Å². The summed E-state index contributed by atoms with van der Waals surface area (Å²) >= 11 is 0. The monoisotopic (exact) mass is 542 g/mol. The average Bonchev–Trinajstić information content (AvgIpc) is 3.31. The maximum atomic E-state index is 12.0. The van der Waals surface area contributed by atoms with Crippen LogP contribution in [0.1, 0.15) is 5.56 Å². The standard InChI is InChI=1S/C22H34N6O2.HI/c1-23-22(25-17-19-6-5-7-20(16-19)27-9-3-4-10-27)28-13-11-26(12-14-28)18-21(29)24-8-15-30-2;/h3-7,16H,8-15,17-18H2,1-2H3,(H,23,25)(H,24,29);1H. The highest BCUT2D eigenvalue weighted by atomic mass is 127. The van der Waals surface area contributed by atoms with E-state index in [1.807, 2.05) is 7.05 Å². The van der Waals surface area contributed by atoms with Crippen LogP contribution < -0.4 is 15.5 Å². The Labute approximate surface area is 202 Å². The number of methoxy groups -OCH3 is 1. The third-order valence-corrected chi connectivity index (χ3v) is 5.42. The van der Waals surface area contributed by atoms with Crippen molar-refractivity contribution in [2.45, 2.75) is 6.54 Å². The van der Waals surface area contributed by atoms with Crippen LogP contribution in [0.25, 0.3) is 0 Å². The number of halogens is 1. The van der Waals surface area contributed by atoms with Gasteiger partial charge in [-0.1, -0.05) is 24.3 Å². The number of guanidine groups is 1. The Balaban J connectivity index is 0.00000341. The number of rotatable bonds is 8. The molecule has 0 aliphatic carbocycles. The van der Waals surface area contributed by atoms with Crippen molar-refractivity contribution in [1.29, 1.82) is 0 Å². The number of nitrogens with one attached hydrogen (secondary N) is 2. The van der Waals surface area contributed by atoms with Gasteiger partial charge in [0, 0.05) is 72.2 Å². The molecule has 0 spiro atoms. The van der Waals surface area contributed by atoms with Crippen molar-refractivity contribution in [3.63, 3.8) is 0 Å². The molecule has 2 heterocycles. The minimum atomic E-state index is 0. The number of piperazine rings is 1. The number of carbonyl (C=O) groups excluding carboxylic acids is 1. The number of anilines is 1. The Morgan fingerprint density at radius 3 is 2.55 bits per heavy atom. The molecule has 1 aromatic carbocycles. The molecule has 0 bridgehead atoms. The van der Waals surface area contributed by atoms with Crippen molar-refractivity contribution in [1.82, 2.24) is 20.4 Å². The first-order chi connectivity index (χ1) is 14.7. The van der Waals surface area contributed by atoms with Gasteiger partial charge in [0.15, 0.2) is 5.96 Å². The van der Waals surface area contributed by atoms with Crippen molar-refractivity contribution in [3.8, 4) is 0 Å². The lowest BCUT2D eigenvalue weighted by Crippen LogP contribution is -2.54. The lowest BCUT2D eigenvalue weighted by atomic mass is 10.2. The average molecular weight is 542 g/mol. The Morgan fingerprint density at radius 1 is 1.13 bits per heavy atom. The molecule has 0 atom stereocenters. The Morgan fingerprint density at radius 2 is 1.87 bits per heavy atom. The summed E-state index contributed by atoms with van der Waals surface area (Å²) in [6.45, 7) is 7.62. The van der Waals surface area contributed by atoms with Gasteiger partial charge in [-0.3, -0.25) is 14.7 Å². The van der Waals surface area contributed by atoms with Crippen LogP contribution in [-0.4, -0.2) is 94.8 Å². The predicted octanol–water partition coefficient (Wildman–Crippen LogP) is 1.14. The third kappa shape index (κ3) is 7.97. The Bertz CT molecular complexity index is 741. The highest BCUT2D eigenvalue weighted by Gasteiger charge is 2.21. The summed E-state index contributed by atoms with van der Waals surface area (Å²) < 4.78 is 4.96. The van der Waals surface area contributed by atoms with E-state index in [1.165, 1.54) is 11.3 Å². The quantitative estimate of drug-likeness (QED) is 0.169. The zero-order chi connectivity index (χ0) is 21.2. The second-order valence-electron chi connectivity index (χ2n) is 7.55. The lowest BCUT2D eigenvalue weighted by molar-refractivity contribution is -0.122. The molecular weight excluding hydrogens is 507 g/mol. The van der Waals surface area contributed by atoms with E-state index in [-0.39, 0.29) is 29.9 Å². The minimum Gasteiger partial charge on any atom is -0.383 e. The Hall–Kier alpha value is -1.85. The molecule has 172 valence electrons. The zero-order valence-corrected chi connectivity index (χ0v) is 20.9. The van der Waals surface area contributed by atoms with Gasteiger partial charge in [-0.25, -0.2) is 0 Å². The maximum absolute atomic E-state index is 12.0.